The second-order valence-corrected chi connectivity index (χ2v) is 6.07. The maximum Gasteiger partial charge on any atom is 0.0475 e. The fourth-order valence-electron chi connectivity index (χ4n) is 2.64. The molecule has 0 radical (unpaired) electrons. The summed E-state index contributed by atoms with van der Waals surface area (Å²) in [4.78, 5) is 0. The van der Waals surface area contributed by atoms with E-state index in [0.717, 1.165) is 6.42 Å². The molecule has 3 atom stereocenters. The van der Waals surface area contributed by atoms with Gasteiger partial charge in [0, 0.05) is 16.4 Å². The minimum atomic E-state index is 0.356. The predicted octanol–water partition coefficient (Wildman–Crippen LogP) is 3.95. The molecule has 0 spiro atoms. The fraction of sp³-hybridized carbons (Fsp3) is 0.846. The highest BCUT2D eigenvalue weighted by molar-refractivity contribution is 14.1. The molecular formula is C13H23IO. The molecule has 0 heterocycles. The monoisotopic (exact) mass is 322 g/mol. The zero-order valence-corrected chi connectivity index (χ0v) is 11.9. The molecule has 88 valence electrons. The van der Waals surface area contributed by atoms with Gasteiger partial charge in [0.2, 0.25) is 0 Å². The van der Waals surface area contributed by atoms with E-state index in [1.807, 2.05) is 6.08 Å². The molecule has 1 N–H and O–H groups in total. The van der Waals surface area contributed by atoms with Crippen LogP contribution in [0, 0.1) is 11.3 Å². The van der Waals surface area contributed by atoms with Gasteiger partial charge < -0.3 is 5.11 Å². The highest BCUT2D eigenvalue weighted by atomic mass is 127. The lowest BCUT2D eigenvalue weighted by atomic mass is 9.92. The summed E-state index contributed by atoms with van der Waals surface area (Å²) in [6.45, 7) is 6.45. The van der Waals surface area contributed by atoms with Gasteiger partial charge in [0.1, 0.15) is 0 Å². The summed E-state index contributed by atoms with van der Waals surface area (Å²) in [5.74, 6) is 0.526. The van der Waals surface area contributed by atoms with Crippen molar-refractivity contribution in [2.24, 2.45) is 11.3 Å². The van der Waals surface area contributed by atoms with E-state index in [0.29, 0.717) is 21.9 Å². The van der Waals surface area contributed by atoms with Crippen molar-refractivity contribution in [3.63, 3.8) is 0 Å². The Hall–Kier alpha value is 0.430. The quantitative estimate of drug-likeness (QED) is 0.311. The number of hydrogen-bond donors (Lipinski definition) is 1. The maximum absolute atomic E-state index is 9.30. The number of aliphatic hydroxyl groups is 1. The molecule has 0 aliphatic heterocycles. The van der Waals surface area contributed by atoms with Crippen LogP contribution in [0.3, 0.4) is 0 Å². The lowest BCUT2D eigenvalue weighted by Gasteiger charge is -2.14. The van der Waals surface area contributed by atoms with Gasteiger partial charge in [-0.15, -0.1) is 6.58 Å². The van der Waals surface area contributed by atoms with Crippen LogP contribution in [0.15, 0.2) is 12.7 Å². The van der Waals surface area contributed by atoms with Gasteiger partial charge in [0.15, 0.2) is 0 Å². The second-order valence-electron chi connectivity index (χ2n) is 4.73. The van der Waals surface area contributed by atoms with E-state index < -0.39 is 0 Å². The van der Waals surface area contributed by atoms with Crippen LogP contribution < -0.4 is 0 Å². The van der Waals surface area contributed by atoms with E-state index in [1.165, 1.54) is 32.1 Å². The minimum Gasteiger partial charge on any atom is -0.396 e. The van der Waals surface area contributed by atoms with E-state index in [2.05, 4.69) is 36.1 Å². The lowest BCUT2D eigenvalue weighted by molar-refractivity contribution is 0.242. The van der Waals surface area contributed by atoms with E-state index >= 15 is 0 Å². The van der Waals surface area contributed by atoms with E-state index in [4.69, 9.17) is 0 Å². The van der Waals surface area contributed by atoms with Crippen molar-refractivity contribution in [2.75, 3.05) is 6.61 Å². The zero-order chi connectivity index (χ0) is 11.3. The average molecular weight is 322 g/mol. The Kier molecular flexibility index (Phi) is 5.61. The van der Waals surface area contributed by atoms with Gasteiger partial charge in [-0.3, -0.25) is 0 Å². The van der Waals surface area contributed by atoms with Gasteiger partial charge in [0.25, 0.3) is 0 Å². The van der Waals surface area contributed by atoms with Crippen LogP contribution >= 0.6 is 22.6 Å². The Morgan fingerprint density at radius 1 is 1.40 bits per heavy atom. The molecule has 1 aliphatic carbocycles. The molecule has 1 unspecified atom stereocenters. The number of allylic oxidation sites excluding steroid dienone is 1. The first-order valence-electron chi connectivity index (χ1n) is 6.08. The number of halogens is 1. The van der Waals surface area contributed by atoms with Gasteiger partial charge in [-0.1, -0.05) is 61.3 Å². The molecule has 1 nitrogen and oxygen atoms in total. The molecule has 1 rings (SSSR count). The third-order valence-electron chi connectivity index (χ3n) is 3.75. The molecule has 0 aromatic heterocycles. The summed E-state index contributed by atoms with van der Waals surface area (Å²) in [6.07, 6.45) is 9.69. The summed E-state index contributed by atoms with van der Waals surface area (Å²) in [5.41, 5.74) is 0.394. The molecule has 1 aliphatic rings. The fourth-order valence-corrected chi connectivity index (χ4v) is 4.40. The molecule has 2 heteroatoms. The Balaban J connectivity index is 2.36. The number of unbranched alkanes of at least 4 members (excludes halogenated alkanes) is 3. The highest BCUT2D eigenvalue weighted by Crippen LogP contribution is 2.63. The van der Waals surface area contributed by atoms with Gasteiger partial charge in [-0.2, -0.15) is 0 Å². The van der Waals surface area contributed by atoms with Crippen molar-refractivity contribution in [3.05, 3.63) is 12.7 Å². The topological polar surface area (TPSA) is 20.2 Å². The van der Waals surface area contributed by atoms with Crippen LogP contribution in [0.5, 0.6) is 0 Å². The van der Waals surface area contributed by atoms with E-state index in [9.17, 15) is 5.11 Å². The van der Waals surface area contributed by atoms with Crippen LogP contribution in [0.25, 0.3) is 0 Å². The van der Waals surface area contributed by atoms with Crippen molar-refractivity contribution < 1.29 is 5.11 Å². The van der Waals surface area contributed by atoms with Crippen LogP contribution in [-0.2, 0) is 0 Å². The van der Waals surface area contributed by atoms with Crippen molar-refractivity contribution >= 4 is 22.6 Å². The maximum atomic E-state index is 9.30. The second kappa shape index (κ2) is 6.24. The molecule has 15 heavy (non-hydrogen) atoms. The van der Waals surface area contributed by atoms with Gasteiger partial charge >= 0.3 is 0 Å². The number of alkyl halides is 1. The van der Waals surface area contributed by atoms with Crippen LogP contribution in [0.2, 0.25) is 0 Å². The Morgan fingerprint density at radius 3 is 2.60 bits per heavy atom. The number of rotatable bonds is 8. The summed E-state index contributed by atoms with van der Waals surface area (Å²) in [7, 11) is 0. The number of aliphatic hydroxyl groups excluding tert-OH is 1. The molecule has 1 fully saturated rings. The Bertz CT molecular complexity index is 205. The minimum absolute atomic E-state index is 0.356. The molecule has 0 saturated heterocycles. The molecule has 0 aromatic carbocycles. The first kappa shape index (κ1) is 13.5. The third-order valence-corrected chi connectivity index (χ3v) is 5.86. The van der Waals surface area contributed by atoms with Gasteiger partial charge in [-0.05, 0) is 18.3 Å². The van der Waals surface area contributed by atoms with Gasteiger partial charge in [-0.25, -0.2) is 0 Å². The molecule has 0 aromatic rings. The Labute approximate surface area is 107 Å². The Morgan fingerprint density at radius 2 is 2.13 bits per heavy atom. The lowest BCUT2D eigenvalue weighted by Crippen LogP contribution is -2.06. The van der Waals surface area contributed by atoms with Crippen LogP contribution in [0.1, 0.15) is 45.4 Å². The first-order valence-corrected chi connectivity index (χ1v) is 7.33. The number of hydrogen-bond acceptors (Lipinski definition) is 1. The molecular weight excluding hydrogens is 299 g/mol. The molecule has 1 saturated carbocycles. The van der Waals surface area contributed by atoms with E-state index in [-0.39, 0.29) is 0 Å². The summed E-state index contributed by atoms with van der Waals surface area (Å²) >= 11 is 2.51. The average Bonchev–Trinajstić information content (AvgIpc) is 2.79. The predicted molar refractivity (Wildman–Crippen MR) is 74.4 cm³/mol. The smallest absolute Gasteiger partial charge is 0.0475 e. The van der Waals surface area contributed by atoms with Gasteiger partial charge in [0.05, 0.1) is 0 Å². The first-order chi connectivity index (χ1) is 7.22. The largest absolute Gasteiger partial charge is 0.396 e. The van der Waals surface area contributed by atoms with Crippen molar-refractivity contribution in [1.29, 1.82) is 0 Å². The SMILES string of the molecule is C=CC[C@]1(CCCCCC)C(I)[C@@H]1CO. The summed E-state index contributed by atoms with van der Waals surface area (Å²) < 4.78 is 0.666. The normalized spacial score (nSPS) is 34.1. The van der Waals surface area contributed by atoms with Crippen LogP contribution in [-0.4, -0.2) is 15.6 Å². The summed E-state index contributed by atoms with van der Waals surface area (Å²) in [6, 6.07) is 0. The molecule has 0 amide bonds. The van der Waals surface area contributed by atoms with Crippen molar-refractivity contribution in [3.8, 4) is 0 Å². The molecule has 0 bridgehead atoms. The van der Waals surface area contributed by atoms with E-state index in [1.54, 1.807) is 0 Å². The zero-order valence-electron chi connectivity index (χ0n) is 9.71. The van der Waals surface area contributed by atoms with Crippen molar-refractivity contribution in [1.82, 2.24) is 0 Å². The summed E-state index contributed by atoms with van der Waals surface area (Å²) in [5, 5.41) is 9.30. The highest BCUT2D eigenvalue weighted by Gasteiger charge is 2.60. The standard InChI is InChI=1S/C13H23IO/c1-3-5-6-7-9-13(8-4-2)11(10-15)12(13)14/h4,11-12,15H,2-3,5-10H2,1H3/t11-,12?,13+/m0/s1. The van der Waals surface area contributed by atoms with Crippen molar-refractivity contribution in [2.45, 2.75) is 49.4 Å². The van der Waals surface area contributed by atoms with Crippen LogP contribution in [0.4, 0.5) is 0 Å². The third kappa shape index (κ3) is 2.96.